The topological polar surface area (TPSA) is 102 Å². The van der Waals surface area contributed by atoms with E-state index < -0.39 is 21.8 Å². The van der Waals surface area contributed by atoms with Gasteiger partial charge in [0, 0.05) is 19.0 Å². The lowest BCUT2D eigenvalue weighted by atomic mass is 10.2. The molecule has 2 rings (SSSR count). The van der Waals surface area contributed by atoms with Gasteiger partial charge in [-0.05, 0) is 18.6 Å². The number of amides is 2. The van der Waals surface area contributed by atoms with Gasteiger partial charge >= 0.3 is 0 Å². The molecule has 0 spiro atoms. The molecule has 8 nitrogen and oxygen atoms in total. The molecule has 1 heterocycles. The lowest BCUT2D eigenvalue weighted by Crippen LogP contribution is -2.44. The zero-order valence-electron chi connectivity index (χ0n) is 14.4. The summed E-state index contributed by atoms with van der Waals surface area (Å²) in [5.74, 6) is 0.203. The molecule has 0 aliphatic carbocycles. The second kappa shape index (κ2) is 7.73. The van der Waals surface area contributed by atoms with Crippen LogP contribution in [0.15, 0.2) is 18.2 Å². The van der Waals surface area contributed by atoms with Crippen molar-refractivity contribution in [3.8, 4) is 11.5 Å². The fourth-order valence-corrected chi connectivity index (χ4v) is 4.37. The van der Waals surface area contributed by atoms with Gasteiger partial charge < -0.3 is 14.8 Å². The average molecular weight is 370 g/mol. The summed E-state index contributed by atoms with van der Waals surface area (Å²) in [5.41, 5.74) is 0.435. The second-order valence-corrected chi connectivity index (χ2v) is 8.04. The third-order valence-corrected chi connectivity index (χ3v) is 5.73. The Hall–Kier alpha value is -2.29. The Kier molecular flexibility index (Phi) is 5.89. The van der Waals surface area contributed by atoms with Crippen LogP contribution in [0.4, 0.5) is 5.69 Å². The maximum absolute atomic E-state index is 12.3. The van der Waals surface area contributed by atoms with Crippen LogP contribution in [0, 0.1) is 0 Å². The first-order valence-corrected chi connectivity index (χ1v) is 9.58. The number of carbonyl (C=O) groups excluding carboxylic acids is 2. The number of methoxy groups -OCH3 is 2. The van der Waals surface area contributed by atoms with Crippen LogP contribution in [-0.2, 0) is 19.4 Å². The van der Waals surface area contributed by atoms with Gasteiger partial charge in [0.15, 0.2) is 9.84 Å². The molecule has 9 heteroatoms. The van der Waals surface area contributed by atoms with Crippen LogP contribution in [0.25, 0.3) is 0 Å². The number of benzene rings is 1. The Bertz CT molecular complexity index is 762. The Morgan fingerprint density at radius 3 is 2.52 bits per heavy atom. The predicted octanol–water partition coefficient (Wildman–Crippen LogP) is 0.360. The van der Waals surface area contributed by atoms with Crippen LogP contribution in [0.3, 0.4) is 0 Å². The number of rotatable bonds is 6. The number of anilines is 1. The van der Waals surface area contributed by atoms with Crippen molar-refractivity contribution in [1.29, 1.82) is 0 Å². The normalized spacial score (nSPS) is 18.4. The Morgan fingerprint density at radius 2 is 2.00 bits per heavy atom. The number of nitrogens with one attached hydrogen (secondary N) is 1. The van der Waals surface area contributed by atoms with Crippen molar-refractivity contribution >= 4 is 27.3 Å². The second-order valence-electron chi connectivity index (χ2n) is 5.81. The van der Waals surface area contributed by atoms with Gasteiger partial charge in [0.25, 0.3) is 0 Å². The van der Waals surface area contributed by atoms with Crippen LogP contribution < -0.4 is 19.7 Å². The Morgan fingerprint density at radius 1 is 1.28 bits per heavy atom. The summed E-state index contributed by atoms with van der Waals surface area (Å²) in [7, 11) is -0.113. The predicted molar refractivity (Wildman–Crippen MR) is 92.8 cm³/mol. The van der Waals surface area contributed by atoms with Gasteiger partial charge in [-0.25, -0.2) is 8.42 Å². The fraction of sp³-hybridized carbons (Fsp3) is 0.500. The summed E-state index contributed by atoms with van der Waals surface area (Å²) in [6, 6.07) is 4.50. The van der Waals surface area contributed by atoms with Gasteiger partial charge in [-0.1, -0.05) is 0 Å². The zero-order chi connectivity index (χ0) is 18.6. The van der Waals surface area contributed by atoms with E-state index in [1.807, 2.05) is 0 Å². The Labute approximate surface area is 147 Å². The van der Waals surface area contributed by atoms with E-state index in [4.69, 9.17) is 9.47 Å². The van der Waals surface area contributed by atoms with Crippen molar-refractivity contribution in [2.75, 3.05) is 37.2 Å². The molecule has 0 aromatic heterocycles. The van der Waals surface area contributed by atoms with E-state index in [1.165, 1.54) is 26.0 Å². The van der Waals surface area contributed by atoms with Crippen molar-refractivity contribution in [3.63, 3.8) is 0 Å². The molecule has 0 bridgehead atoms. The van der Waals surface area contributed by atoms with E-state index in [1.54, 1.807) is 18.2 Å². The van der Waals surface area contributed by atoms with Gasteiger partial charge in [0.2, 0.25) is 11.8 Å². The number of hydrogen-bond acceptors (Lipinski definition) is 6. The van der Waals surface area contributed by atoms with Crippen molar-refractivity contribution in [3.05, 3.63) is 18.2 Å². The molecule has 2 amide bonds. The molecule has 138 valence electrons. The average Bonchev–Trinajstić information content (AvgIpc) is 2.90. The molecule has 1 N–H and O–H groups in total. The van der Waals surface area contributed by atoms with Gasteiger partial charge in [-0.15, -0.1) is 0 Å². The molecule has 1 fully saturated rings. The standard InChI is InChI=1S/C16H22N2O6S/c1-11(19)18(14-5-4-13(23-2)8-15(14)24-3)9-16(20)17-12-6-7-25(21,22)10-12/h4-5,8,12H,6-7,9-10H2,1-3H3,(H,17,20). The number of nitrogens with zero attached hydrogens (tertiary/aromatic N) is 1. The van der Waals surface area contributed by atoms with E-state index in [0.717, 1.165) is 0 Å². The van der Waals surface area contributed by atoms with Crippen LogP contribution in [-0.4, -0.2) is 58.5 Å². The SMILES string of the molecule is COc1ccc(N(CC(=O)NC2CCS(=O)(=O)C2)C(C)=O)c(OC)c1. The van der Waals surface area contributed by atoms with E-state index in [0.29, 0.717) is 23.6 Å². The minimum absolute atomic E-state index is 0.0648. The number of sulfone groups is 1. The highest BCUT2D eigenvalue weighted by molar-refractivity contribution is 7.91. The summed E-state index contributed by atoms with van der Waals surface area (Å²) in [6.45, 7) is 1.12. The van der Waals surface area contributed by atoms with Crippen molar-refractivity contribution in [2.24, 2.45) is 0 Å². The van der Waals surface area contributed by atoms with E-state index >= 15 is 0 Å². The van der Waals surface area contributed by atoms with E-state index in [9.17, 15) is 18.0 Å². The summed E-state index contributed by atoms with van der Waals surface area (Å²) in [4.78, 5) is 25.5. The number of carbonyl (C=O) groups is 2. The molecule has 1 atom stereocenters. The molecule has 1 aliphatic heterocycles. The molecule has 1 unspecified atom stereocenters. The molecular weight excluding hydrogens is 348 g/mol. The molecule has 1 aromatic carbocycles. The first-order valence-electron chi connectivity index (χ1n) is 7.75. The van der Waals surface area contributed by atoms with Crippen LogP contribution in [0.1, 0.15) is 13.3 Å². The first kappa shape index (κ1) is 19.0. The number of ether oxygens (including phenoxy) is 2. The third kappa shape index (κ3) is 4.85. The monoisotopic (exact) mass is 370 g/mol. The highest BCUT2D eigenvalue weighted by Gasteiger charge is 2.30. The van der Waals surface area contributed by atoms with E-state index in [2.05, 4.69) is 5.32 Å². The molecule has 0 saturated carbocycles. The van der Waals surface area contributed by atoms with Crippen LogP contribution >= 0.6 is 0 Å². The molecule has 1 aromatic rings. The third-order valence-electron chi connectivity index (χ3n) is 3.96. The lowest BCUT2D eigenvalue weighted by molar-refractivity contribution is -0.123. The van der Waals surface area contributed by atoms with Crippen molar-refractivity contribution in [1.82, 2.24) is 5.32 Å². The molecule has 1 saturated heterocycles. The Balaban J connectivity index is 2.13. The minimum Gasteiger partial charge on any atom is -0.497 e. The zero-order valence-corrected chi connectivity index (χ0v) is 15.3. The van der Waals surface area contributed by atoms with Crippen LogP contribution in [0.5, 0.6) is 11.5 Å². The summed E-state index contributed by atoms with van der Waals surface area (Å²) in [5, 5.41) is 2.67. The maximum atomic E-state index is 12.3. The van der Waals surface area contributed by atoms with Crippen molar-refractivity contribution < 1.29 is 27.5 Å². The highest BCUT2D eigenvalue weighted by atomic mass is 32.2. The first-order chi connectivity index (χ1) is 11.8. The van der Waals surface area contributed by atoms with Gasteiger partial charge in [0.05, 0.1) is 31.4 Å². The van der Waals surface area contributed by atoms with Crippen molar-refractivity contribution in [2.45, 2.75) is 19.4 Å². The van der Waals surface area contributed by atoms with Gasteiger partial charge in [0.1, 0.15) is 18.0 Å². The summed E-state index contributed by atoms with van der Waals surface area (Å²) < 4.78 is 33.3. The molecule has 0 radical (unpaired) electrons. The smallest absolute Gasteiger partial charge is 0.240 e. The summed E-state index contributed by atoms with van der Waals surface area (Å²) >= 11 is 0. The minimum atomic E-state index is -3.09. The molecule has 25 heavy (non-hydrogen) atoms. The summed E-state index contributed by atoms with van der Waals surface area (Å²) in [6.07, 6.45) is 0.389. The quantitative estimate of drug-likeness (QED) is 0.776. The molecular formula is C16H22N2O6S. The van der Waals surface area contributed by atoms with E-state index in [-0.39, 0.29) is 24.0 Å². The van der Waals surface area contributed by atoms with Gasteiger partial charge in [-0.3, -0.25) is 14.5 Å². The van der Waals surface area contributed by atoms with Crippen LogP contribution in [0.2, 0.25) is 0 Å². The lowest BCUT2D eigenvalue weighted by Gasteiger charge is -2.24. The highest BCUT2D eigenvalue weighted by Crippen LogP contribution is 2.32. The maximum Gasteiger partial charge on any atom is 0.240 e. The fourth-order valence-electron chi connectivity index (χ4n) is 2.70. The van der Waals surface area contributed by atoms with Gasteiger partial charge in [-0.2, -0.15) is 0 Å². The molecule has 1 aliphatic rings. The largest absolute Gasteiger partial charge is 0.497 e. The number of hydrogen-bond donors (Lipinski definition) is 1.